The second kappa shape index (κ2) is 8.46. The highest BCUT2D eigenvalue weighted by molar-refractivity contribution is 5.74. The molecule has 0 unspecified atom stereocenters. The third-order valence-electron chi connectivity index (χ3n) is 4.23. The van der Waals surface area contributed by atoms with E-state index in [4.69, 9.17) is 4.74 Å². The molecule has 3 rings (SSSR count). The first-order valence-electron chi connectivity index (χ1n) is 8.86. The summed E-state index contributed by atoms with van der Waals surface area (Å²) in [6.45, 7) is 5.46. The number of carbonyl (C=O) groups is 1. The zero-order chi connectivity index (χ0) is 20.1. The van der Waals surface area contributed by atoms with Gasteiger partial charge in [0.15, 0.2) is 0 Å². The largest absolute Gasteiger partial charge is 0.450 e. The molecule has 1 aliphatic rings. The number of nitrogens with zero attached hydrogens (tertiary/aromatic N) is 6. The van der Waals surface area contributed by atoms with Crippen molar-refractivity contribution >= 4 is 29.2 Å². The predicted octanol–water partition coefficient (Wildman–Crippen LogP) is 2.11. The summed E-state index contributed by atoms with van der Waals surface area (Å²) in [7, 11) is 0. The van der Waals surface area contributed by atoms with Crippen LogP contribution in [0.15, 0.2) is 24.5 Å². The van der Waals surface area contributed by atoms with Crippen LogP contribution in [-0.4, -0.2) is 63.7 Å². The molecule has 11 nitrogen and oxygen atoms in total. The fourth-order valence-electron chi connectivity index (χ4n) is 2.91. The Morgan fingerprint density at radius 2 is 2.04 bits per heavy atom. The van der Waals surface area contributed by atoms with Crippen LogP contribution in [-0.2, 0) is 4.74 Å². The molecule has 0 atom stereocenters. The van der Waals surface area contributed by atoms with Crippen molar-refractivity contribution in [3.05, 3.63) is 40.3 Å². The van der Waals surface area contributed by atoms with Gasteiger partial charge >= 0.3 is 11.8 Å². The number of piperazine rings is 1. The van der Waals surface area contributed by atoms with Gasteiger partial charge in [-0.2, -0.15) is 0 Å². The first-order valence-corrected chi connectivity index (χ1v) is 8.86. The summed E-state index contributed by atoms with van der Waals surface area (Å²) in [5, 5.41) is 14.7. The number of nitro groups is 1. The second-order valence-electron chi connectivity index (χ2n) is 6.11. The molecule has 0 aromatic carbocycles. The molecule has 0 saturated carbocycles. The van der Waals surface area contributed by atoms with Gasteiger partial charge in [-0.05, 0) is 26.0 Å². The van der Waals surface area contributed by atoms with Crippen molar-refractivity contribution in [2.45, 2.75) is 13.8 Å². The number of hydrogen-bond donors (Lipinski definition) is 1. The SMILES string of the molecule is CCOC(=O)N1CCN(c2ncnc(Nc3cccc(C)n3)c2[N+](=O)[O-])CC1. The van der Waals surface area contributed by atoms with E-state index in [1.807, 2.05) is 13.0 Å². The Hall–Kier alpha value is -3.50. The van der Waals surface area contributed by atoms with Gasteiger partial charge in [-0.1, -0.05) is 6.07 Å². The molecule has 3 heterocycles. The molecule has 2 aromatic rings. The fourth-order valence-corrected chi connectivity index (χ4v) is 2.91. The van der Waals surface area contributed by atoms with Crippen LogP contribution < -0.4 is 10.2 Å². The van der Waals surface area contributed by atoms with E-state index in [0.717, 1.165) is 5.69 Å². The molecule has 0 bridgehead atoms. The minimum Gasteiger partial charge on any atom is -0.450 e. The van der Waals surface area contributed by atoms with Crippen LogP contribution in [0.25, 0.3) is 0 Å². The van der Waals surface area contributed by atoms with Crippen LogP contribution >= 0.6 is 0 Å². The number of rotatable bonds is 5. The number of anilines is 3. The van der Waals surface area contributed by atoms with E-state index in [0.29, 0.717) is 38.6 Å². The second-order valence-corrected chi connectivity index (χ2v) is 6.11. The molecular weight excluding hydrogens is 366 g/mol. The van der Waals surface area contributed by atoms with Crippen LogP contribution in [0.1, 0.15) is 12.6 Å². The van der Waals surface area contributed by atoms with Gasteiger partial charge in [0.25, 0.3) is 0 Å². The van der Waals surface area contributed by atoms with Crippen molar-refractivity contribution in [2.75, 3.05) is 43.0 Å². The van der Waals surface area contributed by atoms with E-state index in [9.17, 15) is 14.9 Å². The molecule has 1 fully saturated rings. The van der Waals surface area contributed by atoms with E-state index in [1.54, 1.807) is 28.9 Å². The lowest BCUT2D eigenvalue weighted by atomic mass is 10.3. The summed E-state index contributed by atoms with van der Waals surface area (Å²) >= 11 is 0. The van der Waals surface area contributed by atoms with Crippen molar-refractivity contribution in [3.63, 3.8) is 0 Å². The van der Waals surface area contributed by atoms with Crippen LogP contribution in [0.2, 0.25) is 0 Å². The number of aromatic nitrogens is 3. The highest BCUT2D eigenvalue weighted by Gasteiger charge is 2.30. The van der Waals surface area contributed by atoms with Gasteiger partial charge in [0.1, 0.15) is 12.1 Å². The fraction of sp³-hybridized carbons (Fsp3) is 0.412. The predicted molar refractivity (Wildman–Crippen MR) is 102 cm³/mol. The summed E-state index contributed by atoms with van der Waals surface area (Å²) in [6.07, 6.45) is 0.894. The molecule has 1 saturated heterocycles. The Kier molecular flexibility index (Phi) is 5.82. The number of aryl methyl sites for hydroxylation is 1. The normalized spacial score (nSPS) is 13.9. The van der Waals surface area contributed by atoms with E-state index in [-0.39, 0.29) is 23.4 Å². The quantitative estimate of drug-likeness (QED) is 0.606. The average Bonchev–Trinajstić information content (AvgIpc) is 2.68. The first kappa shape index (κ1) is 19.3. The number of carbonyl (C=O) groups excluding carboxylic acids is 1. The standard InChI is InChI=1S/C17H21N7O4/c1-3-28-17(25)23-9-7-22(8-10-23)16-14(24(26)27)15(18-11-19-16)21-13-6-4-5-12(2)20-13/h4-6,11H,3,7-10H2,1-2H3,(H,18,19,20,21). The summed E-state index contributed by atoms with van der Waals surface area (Å²) in [6, 6.07) is 5.33. The molecule has 0 radical (unpaired) electrons. The van der Waals surface area contributed by atoms with E-state index < -0.39 is 4.92 Å². The summed E-state index contributed by atoms with van der Waals surface area (Å²) < 4.78 is 5.00. The third-order valence-corrected chi connectivity index (χ3v) is 4.23. The lowest BCUT2D eigenvalue weighted by Crippen LogP contribution is -2.49. The van der Waals surface area contributed by atoms with Gasteiger partial charge in [0, 0.05) is 31.9 Å². The Balaban J connectivity index is 1.82. The van der Waals surface area contributed by atoms with E-state index in [2.05, 4.69) is 20.3 Å². The molecule has 0 spiro atoms. The van der Waals surface area contributed by atoms with Gasteiger partial charge in [-0.15, -0.1) is 0 Å². The Morgan fingerprint density at radius 1 is 1.29 bits per heavy atom. The number of ether oxygens (including phenoxy) is 1. The van der Waals surface area contributed by atoms with Gasteiger partial charge in [-0.3, -0.25) is 10.1 Å². The maximum Gasteiger partial charge on any atom is 0.409 e. The zero-order valence-corrected chi connectivity index (χ0v) is 15.7. The molecule has 148 valence electrons. The summed E-state index contributed by atoms with van der Waals surface area (Å²) in [5.74, 6) is 0.736. The van der Waals surface area contributed by atoms with Crippen molar-refractivity contribution < 1.29 is 14.5 Å². The number of hydrogen-bond acceptors (Lipinski definition) is 9. The Bertz CT molecular complexity index is 868. The lowest BCUT2D eigenvalue weighted by molar-refractivity contribution is -0.383. The molecular formula is C17H21N7O4. The number of nitrogens with one attached hydrogen (secondary N) is 1. The molecule has 2 aromatic heterocycles. The molecule has 0 aliphatic carbocycles. The van der Waals surface area contributed by atoms with Crippen molar-refractivity contribution in [3.8, 4) is 0 Å². The smallest absolute Gasteiger partial charge is 0.409 e. The summed E-state index contributed by atoms with van der Waals surface area (Å²) in [5.41, 5.74) is 0.549. The van der Waals surface area contributed by atoms with Crippen LogP contribution in [0.3, 0.4) is 0 Å². The van der Waals surface area contributed by atoms with Crippen molar-refractivity contribution in [1.29, 1.82) is 0 Å². The average molecular weight is 387 g/mol. The molecule has 28 heavy (non-hydrogen) atoms. The molecule has 11 heteroatoms. The number of amides is 1. The highest BCUT2D eigenvalue weighted by atomic mass is 16.6. The van der Waals surface area contributed by atoms with E-state index >= 15 is 0 Å². The molecule has 1 aliphatic heterocycles. The zero-order valence-electron chi connectivity index (χ0n) is 15.7. The van der Waals surface area contributed by atoms with Crippen LogP contribution in [0, 0.1) is 17.0 Å². The number of pyridine rings is 1. The topological polar surface area (TPSA) is 127 Å². The highest BCUT2D eigenvalue weighted by Crippen LogP contribution is 2.33. The van der Waals surface area contributed by atoms with Crippen molar-refractivity contribution in [1.82, 2.24) is 19.9 Å². The maximum absolute atomic E-state index is 11.8. The third kappa shape index (κ3) is 4.24. The minimum atomic E-state index is -0.509. The minimum absolute atomic E-state index is 0.0703. The van der Waals surface area contributed by atoms with Crippen molar-refractivity contribution in [2.24, 2.45) is 0 Å². The van der Waals surface area contributed by atoms with Gasteiger partial charge in [0.05, 0.1) is 11.5 Å². The van der Waals surface area contributed by atoms with Gasteiger partial charge in [-0.25, -0.2) is 19.7 Å². The monoisotopic (exact) mass is 387 g/mol. The Labute approximate surface area is 161 Å². The molecule has 1 N–H and O–H groups in total. The van der Waals surface area contributed by atoms with Gasteiger partial charge in [0.2, 0.25) is 11.6 Å². The van der Waals surface area contributed by atoms with E-state index in [1.165, 1.54) is 6.33 Å². The molecule has 1 amide bonds. The van der Waals surface area contributed by atoms with Crippen LogP contribution in [0.4, 0.5) is 27.9 Å². The lowest BCUT2D eigenvalue weighted by Gasteiger charge is -2.34. The van der Waals surface area contributed by atoms with Crippen LogP contribution in [0.5, 0.6) is 0 Å². The maximum atomic E-state index is 11.8. The Morgan fingerprint density at radius 3 is 2.68 bits per heavy atom. The first-order chi connectivity index (χ1) is 13.5. The van der Waals surface area contributed by atoms with Gasteiger partial charge < -0.3 is 19.9 Å². The summed E-state index contributed by atoms with van der Waals surface area (Å²) in [4.78, 5) is 38.9.